The molecule has 0 aliphatic carbocycles. The molecule has 15 N–H and O–H groups in total. The molecule has 4 aromatic carbocycles. The van der Waals surface area contributed by atoms with Crippen LogP contribution in [0.1, 0.15) is 75.3 Å². The van der Waals surface area contributed by atoms with E-state index in [2.05, 4.69) is 164 Å². The molecule has 0 saturated carbocycles. The first-order valence-electron chi connectivity index (χ1n) is 41.8. The van der Waals surface area contributed by atoms with Crippen molar-refractivity contribution in [2.24, 2.45) is 5.34 Å². The summed E-state index contributed by atoms with van der Waals surface area (Å²) in [5, 5.41) is 24.6. The smallest absolute Gasteiger partial charge is 0.443 e. The number of pyridine rings is 7. The Morgan fingerprint density at radius 2 is 0.776 bits per heavy atom. The number of hydrogen-bond acceptors (Lipinski definition) is 37. The van der Waals surface area contributed by atoms with Crippen LogP contribution in [0.4, 0.5) is 92.6 Å². The van der Waals surface area contributed by atoms with Gasteiger partial charge >= 0.3 is 19.3 Å². The fourth-order valence-electron chi connectivity index (χ4n) is 10.6. The van der Waals surface area contributed by atoms with E-state index in [0.29, 0.717) is 104 Å². The Bertz CT molecular complexity index is 7400. The number of nitrogens with two attached hydrogens (primary N) is 6. The van der Waals surface area contributed by atoms with E-state index in [0.717, 1.165) is 55.4 Å². The van der Waals surface area contributed by atoms with Crippen LogP contribution in [0, 0.1) is 59.7 Å². The monoisotopic (exact) mass is 2570 g/mol. The Balaban J connectivity index is 0.000000208. The largest absolute Gasteiger partial charge is 0.491 e. The van der Waals surface area contributed by atoms with Crippen LogP contribution in [-0.4, -0.2) is 152 Å². The van der Waals surface area contributed by atoms with Crippen LogP contribution >= 0.6 is 154 Å². The first-order valence-corrected chi connectivity index (χ1v) is 50.4. The standard InChI is InChI=1S/C22H21FN6O2S.C17H13FN6S.C12H7BrFN3S.C10H16BN3O4.C7H5BrN2S.C6H5BrFN.C5H2BrFIN.C5H4FIN2.C5H5FN2.C4H9NO2.CH4/c1-22(2,3)31-21(30)29(4)20-26-9-12(10-27-20)17-8-15(23)14(11-25-17)19-28-16-6-5-13(24)7-18(16)32-19;1-20-17-22-6-9(7-23-17)14-5-12(18)11(8-21-14)16-24-13-3-2-10(19)4-15(13)25-16;13-11-4-8(14)7(5-16-11)12-17-9-2-1-6(15)3-10(9)18-12;1-10(2,3)18-9(15)14(4)8-12-5-7(6-13-8)11(16)17;8-7-10-5-2-1-4(9)3-6(5)11-7;1-4-3-9-6(7)2-5(4)8;6-5-1-3(7)4(8)2-9-5;6-3-1-5(8)9-2-4(3)7;6-4-1-2-8-5(7)3-4;1-4(2,3)7-5-6;/h5-11H,24H2,1-4H3;2-8H,19H2,1H3,(H,20,22,23);1-5H,15H2;5-6,16-17H,1-4H3;1-3H,9H2;2-3H,1H3;1-2H;1-2H,(H2,8,9);1-3H,(H2,7,8);1-3H3;1H4. The summed E-state index contributed by atoms with van der Waals surface area (Å²) in [7, 11) is 3.08. The minimum Gasteiger partial charge on any atom is -0.443 e. The summed E-state index contributed by atoms with van der Waals surface area (Å²) in [5.41, 5.74) is 41.4. The number of hydrogen-bond donors (Lipinski definition) is 9. The van der Waals surface area contributed by atoms with E-state index >= 15 is 0 Å². The van der Waals surface area contributed by atoms with Crippen LogP contribution in [0.2, 0.25) is 0 Å². The van der Waals surface area contributed by atoms with Gasteiger partial charge in [-0.3, -0.25) is 9.97 Å². The highest BCUT2D eigenvalue weighted by Gasteiger charge is 2.26. The molecule has 35 nitrogen and oxygen atoms in total. The Morgan fingerprint density at radius 1 is 0.422 bits per heavy atom. The molecule has 53 heteroatoms. The lowest BCUT2D eigenvalue weighted by Crippen LogP contribution is -2.36. The topological polar surface area (TPSA) is 525 Å². The average Bonchev–Trinajstić information content (AvgIpc) is 1.68. The van der Waals surface area contributed by atoms with E-state index in [1.807, 2.05) is 93.7 Å². The molecule has 0 radical (unpaired) electrons. The van der Waals surface area contributed by atoms with Crippen molar-refractivity contribution < 1.29 is 64.7 Å². The second kappa shape index (κ2) is 55.2. The van der Waals surface area contributed by atoms with E-state index < -0.39 is 47.7 Å². The zero-order chi connectivity index (χ0) is 107. The van der Waals surface area contributed by atoms with E-state index in [1.54, 1.807) is 124 Å². The molecule has 18 aromatic rings. The lowest BCUT2D eigenvalue weighted by Gasteiger charge is -2.23. The molecule has 0 fully saturated rings. The SMILES string of the molecule is C.CC(C)(C)ON=O.CN(C(=O)OC(C)(C)C)c1ncc(-c2cc(F)c(-c3nc4ccc(N)cc4s3)cn2)cn1.CN(C(=O)OC(C)(C)C)c1ncc(B(O)O)cn1.CNc1ncc(-c2cc(F)c(-c3nc4ccc(N)cc4s3)cn2)cn1.Cc1cnc(Br)cc1F.Fc1cc(Br)ncc1I.Nc1cc(F)c(I)cn1.Nc1cc(F)ccn1.Nc1ccc2nc(-c3cnc(Br)cc3F)sc2c1.Nc1ccc2nc(Br)sc2c1. The maximum Gasteiger partial charge on any atom is 0.491 e. The molecular weight excluding hydrogens is 2480 g/mol. The average molecular weight is 2570 g/mol. The number of nitrogens with zero attached hydrogens (tertiary/aromatic N) is 20. The molecule has 0 saturated heterocycles. The zero-order valence-electron chi connectivity index (χ0n) is 78.9. The van der Waals surface area contributed by atoms with Gasteiger partial charge < -0.3 is 64.1 Å². The lowest BCUT2D eigenvalue weighted by atomic mass is 9.83. The summed E-state index contributed by atoms with van der Waals surface area (Å²) >= 11 is 22.0. The van der Waals surface area contributed by atoms with Crippen molar-refractivity contribution in [2.45, 2.75) is 93.5 Å². The van der Waals surface area contributed by atoms with Gasteiger partial charge in [0.25, 0.3) is 0 Å². The van der Waals surface area contributed by atoms with Crippen molar-refractivity contribution in [3.8, 4) is 54.2 Å². The molecule has 0 unspecified atom stereocenters. The van der Waals surface area contributed by atoms with Crippen LogP contribution in [0.25, 0.3) is 95.1 Å². The molecule has 768 valence electrons. The normalized spacial score (nSPS) is 10.6. The van der Waals surface area contributed by atoms with Crippen LogP contribution in [0.3, 0.4) is 0 Å². The van der Waals surface area contributed by atoms with Crippen LogP contribution in [-0.2, 0) is 14.3 Å². The van der Waals surface area contributed by atoms with Crippen molar-refractivity contribution in [1.29, 1.82) is 0 Å². The van der Waals surface area contributed by atoms with Gasteiger partial charge in [-0.25, -0.2) is 125 Å². The van der Waals surface area contributed by atoms with Gasteiger partial charge in [0.2, 0.25) is 17.8 Å². The molecule has 18 rings (SSSR count). The van der Waals surface area contributed by atoms with Crippen LogP contribution in [0.15, 0.2) is 225 Å². The number of aromatic nitrogens is 17. The number of benzene rings is 4. The third-order valence-corrected chi connectivity index (χ3v) is 25.0. The van der Waals surface area contributed by atoms with Crippen molar-refractivity contribution in [3.05, 3.63) is 278 Å². The third kappa shape index (κ3) is 38.1. The number of thiazole rings is 4. The Hall–Kier alpha value is -12.9. The molecular formula is C94H91BBr4F7I2N27O8S4. The Labute approximate surface area is 914 Å². The highest BCUT2D eigenvalue weighted by molar-refractivity contribution is 14.1. The number of rotatable bonds is 10. The summed E-state index contributed by atoms with van der Waals surface area (Å²) in [6.07, 6.45) is 17.5. The summed E-state index contributed by atoms with van der Waals surface area (Å²) in [5.74, 6) is -1.12. The number of fused-ring (bicyclic) bond motifs is 4. The predicted molar refractivity (Wildman–Crippen MR) is 598 cm³/mol. The van der Waals surface area contributed by atoms with Gasteiger partial charge in [0, 0.05) is 189 Å². The molecule has 147 heavy (non-hydrogen) atoms. The van der Waals surface area contributed by atoms with Crippen LogP contribution < -0.4 is 55.0 Å². The fraction of sp³-hybridized carbons (Fsp3) is 0.181. The summed E-state index contributed by atoms with van der Waals surface area (Å²) in [6, 6.07) is 32.2. The highest BCUT2D eigenvalue weighted by Crippen LogP contribution is 2.38. The van der Waals surface area contributed by atoms with Gasteiger partial charge in [0.05, 0.1) is 76.1 Å². The summed E-state index contributed by atoms with van der Waals surface area (Å²) in [4.78, 5) is 109. The van der Waals surface area contributed by atoms with E-state index in [4.69, 9.17) is 53.9 Å². The molecule has 0 aliphatic heterocycles. The molecule has 14 aromatic heterocycles. The Kier molecular flexibility index (Phi) is 44.9. The molecule has 0 aliphatic rings. The fourth-order valence-corrected chi connectivity index (χ4v) is 16.7. The van der Waals surface area contributed by atoms with Crippen molar-refractivity contribution >= 4 is 272 Å². The van der Waals surface area contributed by atoms with E-state index in [9.17, 15) is 45.2 Å². The first kappa shape index (κ1) is 119. The van der Waals surface area contributed by atoms with Gasteiger partial charge in [-0.05, 0) is 257 Å². The maximum atomic E-state index is 14.9. The number of amides is 2. The van der Waals surface area contributed by atoms with Crippen molar-refractivity contribution in [3.63, 3.8) is 0 Å². The number of aryl methyl sites for hydroxylation is 1. The number of carbonyl (C=O) groups excluding carboxylic acids is 2. The second-order valence-corrected chi connectivity index (χ2v) is 42.6. The third-order valence-electron chi connectivity index (χ3n) is 17.5. The van der Waals surface area contributed by atoms with Gasteiger partial charge in [-0.1, -0.05) is 7.43 Å². The molecule has 0 spiro atoms. The number of halogens is 13. The van der Waals surface area contributed by atoms with E-state index in [1.165, 1.54) is 170 Å². The van der Waals surface area contributed by atoms with Gasteiger partial charge in [0.1, 0.15) is 98.0 Å². The number of anilines is 9. The lowest BCUT2D eigenvalue weighted by molar-refractivity contribution is -0.00231. The molecule has 14 heterocycles. The second-order valence-electron chi connectivity index (χ2n) is 32.5. The highest BCUT2D eigenvalue weighted by atomic mass is 127. The van der Waals surface area contributed by atoms with Gasteiger partial charge in [0.15, 0.2) is 9.26 Å². The zero-order valence-corrected chi connectivity index (χ0v) is 92.9. The van der Waals surface area contributed by atoms with Crippen molar-refractivity contribution in [2.75, 3.05) is 70.7 Å². The van der Waals surface area contributed by atoms with Gasteiger partial charge in [-0.2, -0.15) is 0 Å². The Morgan fingerprint density at radius 3 is 1.10 bits per heavy atom. The van der Waals surface area contributed by atoms with Crippen molar-refractivity contribution in [1.82, 2.24) is 84.7 Å². The number of carbonyl (C=O) groups is 2. The number of nitrogen functional groups attached to an aromatic ring is 6. The molecule has 0 atom stereocenters. The number of ether oxygens (including phenoxy) is 2. The maximum absolute atomic E-state index is 14.9. The van der Waals surface area contributed by atoms with E-state index in [-0.39, 0.29) is 65.5 Å². The molecule has 0 bridgehead atoms. The predicted octanol–water partition coefficient (Wildman–Crippen LogP) is 23.7. The van der Waals surface area contributed by atoms with Crippen LogP contribution in [0.5, 0.6) is 0 Å². The minimum absolute atomic E-state index is 0. The minimum atomic E-state index is -1.63. The summed E-state index contributed by atoms with van der Waals surface area (Å²) in [6.45, 7) is 17.5. The van der Waals surface area contributed by atoms with Gasteiger partial charge in [-0.15, -0.1) is 50.3 Å². The summed E-state index contributed by atoms with van der Waals surface area (Å²) < 4.78 is 111. The number of nitrogens with one attached hydrogen (secondary N) is 1. The molecule has 2 amide bonds. The quantitative estimate of drug-likeness (QED) is 0.0117. The first-order chi connectivity index (χ1) is 68.8.